The van der Waals surface area contributed by atoms with E-state index in [-0.39, 0.29) is 23.3 Å². The number of imidazole rings is 1. The Bertz CT molecular complexity index is 1090. The summed E-state index contributed by atoms with van der Waals surface area (Å²) in [5.41, 5.74) is 1.74. The second-order valence-electron chi connectivity index (χ2n) is 9.73. The largest absolute Gasteiger partial charge is 0.414 e. The third-order valence-corrected chi connectivity index (χ3v) is 11.0. The number of hydrogen-bond acceptors (Lipinski definition) is 6. The van der Waals surface area contributed by atoms with Crippen LogP contribution in [0.3, 0.4) is 0 Å². The zero-order valence-electron chi connectivity index (χ0n) is 19.3. The van der Waals surface area contributed by atoms with Crippen LogP contribution in [0.4, 0.5) is 5.82 Å². The van der Waals surface area contributed by atoms with E-state index in [0.717, 1.165) is 12.8 Å². The molecular weight excluding hydrogens is 422 g/mol. The number of nitrogens with zero attached hydrogens (tertiary/aromatic N) is 4. The molecule has 1 aromatic carbocycles. The summed E-state index contributed by atoms with van der Waals surface area (Å²) in [6.45, 7) is 11.8. The molecule has 3 aromatic rings. The van der Waals surface area contributed by atoms with Gasteiger partial charge in [0.25, 0.3) is 5.91 Å². The van der Waals surface area contributed by atoms with Gasteiger partial charge < -0.3 is 14.5 Å². The van der Waals surface area contributed by atoms with Gasteiger partial charge in [0.05, 0.1) is 19.0 Å². The molecule has 1 fully saturated rings. The van der Waals surface area contributed by atoms with Crippen LogP contribution in [-0.2, 0) is 9.16 Å². The van der Waals surface area contributed by atoms with Gasteiger partial charge in [-0.25, -0.2) is 15.0 Å². The molecule has 0 saturated carbocycles. The van der Waals surface area contributed by atoms with Crippen LogP contribution in [0.15, 0.2) is 43.0 Å². The molecule has 1 saturated heterocycles. The number of carbonyl (C=O) groups excluding carboxylic acids is 1. The smallest absolute Gasteiger partial charge is 0.256 e. The Balaban J connectivity index is 1.46. The van der Waals surface area contributed by atoms with Crippen molar-refractivity contribution in [2.24, 2.45) is 0 Å². The monoisotopic (exact) mass is 453 g/mol. The third-order valence-electron chi connectivity index (χ3n) is 6.46. The molecule has 32 heavy (non-hydrogen) atoms. The van der Waals surface area contributed by atoms with Crippen molar-refractivity contribution >= 4 is 31.2 Å². The van der Waals surface area contributed by atoms with Gasteiger partial charge in [-0.1, -0.05) is 39.0 Å². The van der Waals surface area contributed by atoms with E-state index in [1.807, 2.05) is 22.8 Å². The van der Waals surface area contributed by atoms with Crippen LogP contribution in [0.25, 0.3) is 11.2 Å². The molecule has 0 radical (unpaired) electrons. The number of hydrogen-bond donors (Lipinski definition) is 1. The first kappa shape index (κ1) is 22.6. The van der Waals surface area contributed by atoms with Crippen LogP contribution in [0.1, 0.15) is 50.2 Å². The summed E-state index contributed by atoms with van der Waals surface area (Å²) in [6, 6.07) is 9.02. The fourth-order valence-electron chi connectivity index (χ4n) is 3.46. The summed E-state index contributed by atoms with van der Waals surface area (Å²) in [5.74, 6) is 0.151. The highest BCUT2D eigenvalue weighted by Gasteiger charge is 2.38. The van der Waals surface area contributed by atoms with E-state index >= 15 is 0 Å². The SMILES string of the molecule is CC(C)(C)[Si](C)(C)OC[C@@H]1CC[C@@H](n2cnc3c(NC(=O)c4ccccc4)ncnc32)O1. The second kappa shape index (κ2) is 8.72. The summed E-state index contributed by atoms with van der Waals surface area (Å²) in [6.07, 6.45) is 4.80. The predicted molar refractivity (Wildman–Crippen MR) is 126 cm³/mol. The molecule has 2 atom stereocenters. The number of anilines is 1. The molecule has 0 aliphatic carbocycles. The Hall–Kier alpha value is -2.62. The lowest BCUT2D eigenvalue weighted by atomic mass is 10.2. The first-order valence-corrected chi connectivity index (χ1v) is 13.9. The molecule has 0 bridgehead atoms. The van der Waals surface area contributed by atoms with Crippen LogP contribution in [-0.4, -0.2) is 46.5 Å². The highest BCUT2D eigenvalue weighted by atomic mass is 28.4. The Morgan fingerprint density at radius 2 is 1.94 bits per heavy atom. The van der Waals surface area contributed by atoms with Crippen LogP contribution < -0.4 is 5.32 Å². The van der Waals surface area contributed by atoms with E-state index in [4.69, 9.17) is 9.16 Å². The maximum atomic E-state index is 12.5. The molecule has 4 rings (SSSR count). The average molecular weight is 454 g/mol. The molecule has 1 aliphatic rings. The molecule has 2 aromatic heterocycles. The van der Waals surface area contributed by atoms with E-state index in [1.165, 1.54) is 6.33 Å². The number of ether oxygens (including phenoxy) is 1. The first-order valence-electron chi connectivity index (χ1n) is 11.0. The van der Waals surface area contributed by atoms with Crippen molar-refractivity contribution in [1.29, 1.82) is 0 Å². The molecular formula is C23H31N5O3Si. The highest BCUT2D eigenvalue weighted by molar-refractivity contribution is 6.74. The lowest BCUT2D eigenvalue weighted by molar-refractivity contribution is -0.0182. The number of carbonyl (C=O) groups is 1. The standard InChI is InChI=1S/C23H31N5O3Si/c1-23(2,3)32(4,5)30-13-17-11-12-18(31-17)28-15-26-19-20(24-14-25-21(19)28)27-22(29)16-9-7-6-8-10-16/h6-10,14-15,17-18H,11-13H2,1-5H3,(H,24,25,27,29)/t17-,18-/m0/s1. The van der Waals surface area contributed by atoms with Crippen molar-refractivity contribution in [3.8, 4) is 0 Å². The van der Waals surface area contributed by atoms with Crippen molar-refractivity contribution in [2.45, 2.75) is 64.1 Å². The van der Waals surface area contributed by atoms with Gasteiger partial charge in [0, 0.05) is 5.56 Å². The minimum atomic E-state index is -1.82. The fraction of sp³-hybridized carbons (Fsp3) is 0.478. The lowest BCUT2D eigenvalue weighted by Gasteiger charge is -2.36. The number of nitrogens with one attached hydrogen (secondary N) is 1. The number of aromatic nitrogens is 4. The quantitative estimate of drug-likeness (QED) is 0.540. The average Bonchev–Trinajstić information content (AvgIpc) is 3.39. The maximum Gasteiger partial charge on any atom is 0.256 e. The van der Waals surface area contributed by atoms with E-state index < -0.39 is 8.32 Å². The minimum Gasteiger partial charge on any atom is -0.414 e. The van der Waals surface area contributed by atoms with E-state index in [2.05, 4.69) is 54.1 Å². The summed E-state index contributed by atoms with van der Waals surface area (Å²) in [5, 5.41) is 3.01. The summed E-state index contributed by atoms with van der Waals surface area (Å²) < 4.78 is 14.6. The Morgan fingerprint density at radius 3 is 2.66 bits per heavy atom. The van der Waals surface area contributed by atoms with Gasteiger partial charge in [-0.2, -0.15) is 0 Å². The number of rotatable bonds is 6. The Kier molecular flexibility index (Phi) is 6.15. The lowest BCUT2D eigenvalue weighted by Crippen LogP contribution is -2.42. The van der Waals surface area contributed by atoms with Crippen LogP contribution in [0.5, 0.6) is 0 Å². The van der Waals surface area contributed by atoms with E-state index in [0.29, 0.717) is 29.2 Å². The first-order chi connectivity index (χ1) is 15.2. The minimum absolute atomic E-state index is 0.0469. The molecule has 1 N–H and O–H groups in total. The number of fused-ring (bicyclic) bond motifs is 1. The van der Waals surface area contributed by atoms with Gasteiger partial charge in [0.2, 0.25) is 0 Å². The van der Waals surface area contributed by atoms with Gasteiger partial charge in [-0.3, -0.25) is 9.36 Å². The van der Waals surface area contributed by atoms with Crippen molar-refractivity contribution < 1.29 is 14.0 Å². The van der Waals surface area contributed by atoms with Crippen LogP contribution in [0.2, 0.25) is 18.1 Å². The van der Waals surface area contributed by atoms with Gasteiger partial charge in [0.15, 0.2) is 25.3 Å². The van der Waals surface area contributed by atoms with Crippen molar-refractivity contribution in [2.75, 3.05) is 11.9 Å². The summed E-state index contributed by atoms with van der Waals surface area (Å²) in [7, 11) is -1.82. The molecule has 1 aliphatic heterocycles. The molecule has 9 heteroatoms. The Labute approximate surface area is 189 Å². The summed E-state index contributed by atoms with van der Waals surface area (Å²) >= 11 is 0. The molecule has 170 valence electrons. The second-order valence-corrected chi connectivity index (χ2v) is 14.5. The van der Waals surface area contributed by atoms with Gasteiger partial charge in [0.1, 0.15) is 12.6 Å². The van der Waals surface area contributed by atoms with Crippen molar-refractivity contribution in [1.82, 2.24) is 19.5 Å². The zero-order chi connectivity index (χ0) is 22.9. The highest BCUT2D eigenvalue weighted by Crippen LogP contribution is 2.38. The molecule has 0 unspecified atom stereocenters. The van der Waals surface area contributed by atoms with E-state index in [1.54, 1.807) is 18.5 Å². The van der Waals surface area contributed by atoms with Crippen LogP contribution >= 0.6 is 0 Å². The normalized spacial score (nSPS) is 19.4. The third kappa shape index (κ3) is 4.60. The van der Waals surface area contributed by atoms with Crippen molar-refractivity contribution in [3.63, 3.8) is 0 Å². The predicted octanol–water partition coefficient (Wildman–Crippen LogP) is 4.78. The van der Waals surface area contributed by atoms with Crippen LogP contribution in [0, 0.1) is 0 Å². The van der Waals surface area contributed by atoms with E-state index in [9.17, 15) is 4.79 Å². The number of benzene rings is 1. The van der Waals surface area contributed by atoms with Gasteiger partial charge in [-0.05, 0) is 43.1 Å². The molecule has 8 nitrogen and oxygen atoms in total. The van der Waals surface area contributed by atoms with Gasteiger partial charge >= 0.3 is 0 Å². The fourth-order valence-corrected chi connectivity index (χ4v) is 4.49. The number of amides is 1. The van der Waals surface area contributed by atoms with Crippen molar-refractivity contribution in [3.05, 3.63) is 48.5 Å². The maximum absolute atomic E-state index is 12.5. The molecule has 0 spiro atoms. The Morgan fingerprint density at radius 1 is 1.19 bits per heavy atom. The topological polar surface area (TPSA) is 91.2 Å². The summed E-state index contributed by atoms with van der Waals surface area (Å²) in [4.78, 5) is 25.7. The molecule has 1 amide bonds. The van der Waals surface area contributed by atoms with Gasteiger partial charge in [-0.15, -0.1) is 0 Å². The zero-order valence-corrected chi connectivity index (χ0v) is 20.3. The molecule has 3 heterocycles.